The maximum Gasteiger partial charge on any atom is 0.252 e. The molecule has 480 valence electrons. The first-order valence-corrected chi connectivity index (χ1v) is 34.3. The summed E-state index contributed by atoms with van der Waals surface area (Å²) in [5.74, 6) is 0. The molecule has 13 aromatic rings. The summed E-state index contributed by atoms with van der Waals surface area (Å²) < 4.78 is 81.3. The Labute approximate surface area is 582 Å². The highest BCUT2D eigenvalue weighted by Crippen LogP contribution is 2.51. The lowest BCUT2D eigenvalue weighted by molar-refractivity contribution is 0.411. The van der Waals surface area contributed by atoms with Crippen LogP contribution in [-0.4, -0.2) is 15.8 Å². The van der Waals surface area contributed by atoms with Crippen molar-refractivity contribution in [3.63, 3.8) is 0 Å². The molecule has 15 rings (SSSR count). The number of anilines is 6. The molecule has 96 heavy (non-hydrogen) atoms. The number of benzene rings is 11. The van der Waals surface area contributed by atoms with Crippen LogP contribution in [0.2, 0.25) is 0 Å². The van der Waals surface area contributed by atoms with Crippen LogP contribution in [0.15, 0.2) is 231 Å². The fraction of sp³-hybridized carbons (Fsp3) is 0.275. The van der Waals surface area contributed by atoms with Crippen LogP contribution in [0.1, 0.15) is 143 Å². The molecule has 0 unspecified atom stereocenters. The maximum absolute atomic E-state index is 9.59. The van der Waals surface area contributed by atoms with Crippen molar-refractivity contribution in [2.75, 3.05) is 9.80 Å². The first-order chi connectivity index (χ1) is 48.8. The number of fused-ring (bicyclic) bond motifs is 10. The summed E-state index contributed by atoms with van der Waals surface area (Å²) in [6.45, 7) is 29.9. The molecule has 0 saturated heterocycles. The van der Waals surface area contributed by atoms with Crippen molar-refractivity contribution in [1.82, 2.24) is 9.13 Å². The van der Waals surface area contributed by atoms with Crippen molar-refractivity contribution in [2.24, 2.45) is 27.1 Å². The number of para-hydroxylation sites is 2. The fourth-order valence-corrected chi connectivity index (χ4v) is 15.2. The first kappa shape index (κ1) is 53.9. The molecule has 4 heterocycles. The quantitative estimate of drug-likeness (QED) is 0.120. The van der Waals surface area contributed by atoms with Crippen LogP contribution in [0, 0.1) is 27.1 Å². The van der Waals surface area contributed by atoms with Crippen molar-refractivity contribution in [1.29, 1.82) is 0 Å². The third-order valence-corrected chi connectivity index (χ3v) is 18.4. The predicted molar refractivity (Wildman–Crippen MR) is 416 cm³/mol. The van der Waals surface area contributed by atoms with Gasteiger partial charge in [-0.2, -0.15) is 0 Å². The highest BCUT2D eigenvalue weighted by molar-refractivity contribution is 7.00. The van der Waals surface area contributed by atoms with Crippen LogP contribution < -0.4 is 26.2 Å². The lowest BCUT2D eigenvalue weighted by Gasteiger charge is -2.45. The molecule has 5 heteroatoms. The molecule has 0 amide bonds. The van der Waals surface area contributed by atoms with Crippen LogP contribution in [-0.2, 0) is 31.9 Å². The van der Waals surface area contributed by atoms with Crippen LogP contribution in [0.4, 0.5) is 34.1 Å². The summed E-state index contributed by atoms with van der Waals surface area (Å²) in [4.78, 5) is 5.04. The van der Waals surface area contributed by atoms with Gasteiger partial charge in [0.1, 0.15) is 0 Å². The summed E-state index contributed by atoms with van der Waals surface area (Å²) in [6, 6.07) is 81.7. The van der Waals surface area contributed by atoms with Crippen molar-refractivity contribution >= 4 is 101 Å². The molecule has 0 aliphatic carbocycles. The number of hydrogen-bond donors (Lipinski definition) is 0. The van der Waals surface area contributed by atoms with Crippen molar-refractivity contribution in [3.05, 3.63) is 258 Å². The van der Waals surface area contributed by atoms with Crippen LogP contribution >= 0.6 is 0 Å². The highest BCUT2D eigenvalue weighted by Gasteiger charge is 2.45. The zero-order valence-electron chi connectivity index (χ0n) is 66.5. The van der Waals surface area contributed by atoms with Crippen molar-refractivity contribution < 1.29 is 11.0 Å². The Morgan fingerprint density at radius 3 is 0.938 bits per heavy atom. The molecule has 0 atom stereocenters. The monoisotopic (exact) mass is 1260 g/mol. The molecule has 4 nitrogen and oxygen atoms in total. The Balaban J connectivity index is 1.06. The van der Waals surface area contributed by atoms with Gasteiger partial charge in [0.2, 0.25) is 0 Å². The molecule has 0 fully saturated rings. The third kappa shape index (κ3) is 11.9. The van der Waals surface area contributed by atoms with Gasteiger partial charge in [-0.15, -0.1) is 0 Å². The number of aromatic nitrogens is 2. The molecule has 2 aliphatic rings. The summed E-state index contributed by atoms with van der Waals surface area (Å²) in [7, 11) is 0. The van der Waals surface area contributed by atoms with Crippen LogP contribution in [0.5, 0.6) is 0 Å². The van der Waals surface area contributed by atoms with Gasteiger partial charge in [-0.1, -0.05) is 237 Å². The molecule has 2 aliphatic heterocycles. The van der Waals surface area contributed by atoms with E-state index in [1.807, 2.05) is 132 Å². The van der Waals surface area contributed by atoms with Gasteiger partial charge in [-0.3, -0.25) is 0 Å². The molecular weight excluding hydrogens is 1160 g/mol. The molecule has 0 N–H and O–H groups in total. The largest absolute Gasteiger partial charge is 0.311 e. The van der Waals surface area contributed by atoms with E-state index in [1.54, 1.807) is 0 Å². The van der Waals surface area contributed by atoms with Gasteiger partial charge in [0, 0.05) is 77.8 Å². The summed E-state index contributed by atoms with van der Waals surface area (Å²) in [5, 5.41) is 3.38. The van der Waals surface area contributed by atoms with E-state index in [4.69, 9.17) is 0 Å². The molecule has 0 bridgehead atoms. The van der Waals surface area contributed by atoms with E-state index in [1.165, 1.54) is 5.56 Å². The molecule has 11 aromatic carbocycles. The minimum atomic E-state index is -1.70. The Hall–Kier alpha value is -9.32. The van der Waals surface area contributed by atoms with E-state index in [0.29, 0.717) is 22.3 Å². The van der Waals surface area contributed by atoms with E-state index in [0.717, 1.165) is 134 Å². The van der Waals surface area contributed by atoms with Gasteiger partial charge in [-0.05, 0) is 211 Å². The number of nitrogens with zero attached hydrogens (tertiary/aromatic N) is 4. The normalized spacial score (nSPS) is 15.3. The standard InChI is InChI=1S/C91H93BN4/c1-87(2,3)54-59-34-42-78-70(46-59)71-47-60(55-88(4,5)6)35-43-79(71)93(78)66-38-40-74-82(52-66)95(76-32-24-22-30-68(76)64-26-18-16-19-27-64)84-50-63(58-91(13,14)15)51-85-86(84)92(74)75-41-39-67(53-83(75)96(85)77-33-25-23-31-69(77)65-28-20-17-21-29-65)94-80-44-36-61(56-89(7,8)9)48-72(80)73-49-62(37-45-81(73)94)57-90(10,11)12/h16-53H,54-58H2,1-15H3/i54D2,55D2,56D2,57D2. The minimum Gasteiger partial charge on any atom is -0.311 e. The van der Waals surface area contributed by atoms with E-state index in [-0.39, 0.29) is 12.1 Å². The smallest absolute Gasteiger partial charge is 0.252 e. The van der Waals surface area contributed by atoms with Gasteiger partial charge in [0.25, 0.3) is 6.71 Å². The molecule has 0 spiro atoms. The van der Waals surface area contributed by atoms with Crippen molar-refractivity contribution in [2.45, 2.75) is 136 Å². The second kappa shape index (κ2) is 23.2. The Kier molecular flexibility index (Phi) is 13.0. The average Bonchev–Trinajstić information content (AvgIpc) is 0.771. The zero-order valence-corrected chi connectivity index (χ0v) is 58.5. The van der Waals surface area contributed by atoms with E-state index in [9.17, 15) is 11.0 Å². The zero-order chi connectivity index (χ0) is 74.1. The van der Waals surface area contributed by atoms with Gasteiger partial charge in [0.05, 0.1) is 33.4 Å². The third-order valence-electron chi connectivity index (χ3n) is 18.4. The molecular formula is C91H93BN4. The van der Waals surface area contributed by atoms with Crippen LogP contribution in [0.25, 0.3) is 77.2 Å². The Morgan fingerprint density at radius 1 is 0.292 bits per heavy atom. The summed E-state index contributed by atoms with van der Waals surface area (Å²) in [5.41, 5.74) is 19.5. The minimum absolute atomic E-state index is 0.135. The topological polar surface area (TPSA) is 16.3 Å². The van der Waals surface area contributed by atoms with E-state index in [2.05, 4.69) is 222 Å². The predicted octanol–water partition coefficient (Wildman–Crippen LogP) is 23.2. The maximum atomic E-state index is 9.59. The second-order valence-corrected chi connectivity index (χ2v) is 32.2. The lowest BCUT2D eigenvalue weighted by Crippen LogP contribution is -2.61. The fourth-order valence-electron chi connectivity index (χ4n) is 15.2. The second-order valence-electron chi connectivity index (χ2n) is 32.2. The van der Waals surface area contributed by atoms with Gasteiger partial charge in [0.15, 0.2) is 0 Å². The number of rotatable bonds is 11. The first-order valence-electron chi connectivity index (χ1n) is 38.3. The van der Waals surface area contributed by atoms with E-state index >= 15 is 0 Å². The summed E-state index contributed by atoms with van der Waals surface area (Å²) >= 11 is 0. The molecule has 0 saturated carbocycles. The SMILES string of the molecule is [2H]C([2H])(c1ccc2c(c1)c1cc(C([2H])([2H])C(C)(C)C)ccc1n2-c1ccc2c(c1)N(c1ccccc1-c1ccccc1)c1cc(CC(C)(C)C)cc3c1B2c1ccc(-n2c4ccc(C([2H])([2H])C(C)(C)C)cc4c4cc(C([2H])([2H])C(C)(C)C)ccc42)cc1N3c1ccccc1-c1ccccc1)C(C)(C)C. The number of hydrogen-bond acceptors (Lipinski definition) is 2. The average molecular weight is 1260 g/mol. The Bertz CT molecular complexity index is 5100. The molecule has 0 radical (unpaired) electrons. The van der Waals surface area contributed by atoms with Crippen molar-refractivity contribution in [3.8, 4) is 33.6 Å². The van der Waals surface area contributed by atoms with E-state index < -0.39 is 47.2 Å². The lowest BCUT2D eigenvalue weighted by atomic mass is 9.33. The molecule has 2 aromatic heterocycles. The van der Waals surface area contributed by atoms with Gasteiger partial charge >= 0.3 is 0 Å². The Morgan fingerprint density at radius 2 is 0.615 bits per heavy atom. The van der Waals surface area contributed by atoms with Gasteiger partial charge in [-0.25, -0.2) is 0 Å². The highest BCUT2D eigenvalue weighted by atomic mass is 15.2. The van der Waals surface area contributed by atoms with Gasteiger partial charge < -0.3 is 18.9 Å². The summed E-state index contributed by atoms with van der Waals surface area (Å²) in [6.07, 6.45) is -6.04. The van der Waals surface area contributed by atoms with Crippen LogP contribution in [0.3, 0.4) is 0 Å².